The van der Waals surface area contributed by atoms with Gasteiger partial charge in [0.25, 0.3) is 0 Å². The monoisotopic (exact) mass is 514 g/mol. The number of hydrogen-bond donors (Lipinski definition) is 0. The minimum Gasteiger partial charge on any atom is -0.253 e. The summed E-state index contributed by atoms with van der Waals surface area (Å²) in [6.07, 6.45) is 2.63. The van der Waals surface area contributed by atoms with Gasteiger partial charge in [-0.25, -0.2) is 15.0 Å². The second kappa shape index (κ2) is 8.52. The van der Waals surface area contributed by atoms with Crippen molar-refractivity contribution in [3.05, 3.63) is 132 Å². The van der Waals surface area contributed by atoms with Crippen molar-refractivity contribution in [3.8, 4) is 56.5 Å². The molecule has 0 saturated heterocycles. The Kier molecular flexibility index (Phi) is 4.89. The molecule has 4 heteroatoms. The van der Waals surface area contributed by atoms with Crippen LogP contribution in [0, 0.1) is 0 Å². The van der Waals surface area contributed by atoms with E-state index in [1.165, 1.54) is 44.5 Å². The van der Waals surface area contributed by atoms with Gasteiger partial charge in [0.15, 0.2) is 17.5 Å². The first kappa shape index (κ1) is 23.0. The summed E-state index contributed by atoms with van der Waals surface area (Å²) in [5.74, 6) is 1.91. The summed E-state index contributed by atoms with van der Waals surface area (Å²) in [5.41, 5.74) is 13.4. The summed E-state index contributed by atoms with van der Waals surface area (Å²) in [5, 5.41) is 0. The fourth-order valence-electron chi connectivity index (χ4n) is 6.44. The molecule has 4 nitrogen and oxygen atoms in total. The lowest BCUT2D eigenvalue weighted by molar-refractivity contribution is 0.659. The number of fused-ring (bicyclic) bond motifs is 6. The molecule has 0 atom stereocenters. The van der Waals surface area contributed by atoms with Crippen molar-refractivity contribution in [2.75, 3.05) is 0 Å². The predicted octanol–water partition coefficient (Wildman–Crippen LogP) is 8.15. The van der Waals surface area contributed by atoms with Gasteiger partial charge in [0.1, 0.15) is 5.69 Å². The first-order chi connectivity index (χ1) is 19.6. The van der Waals surface area contributed by atoms with Gasteiger partial charge in [-0.1, -0.05) is 98.8 Å². The fraction of sp³-hybridized carbons (Fsp3) is 0.111. The summed E-state index contributed by atoms with van der Waals surface area (Å²) in [4.78, 5) is 19.3. The Balaban J connectivity index is 1.31. The summed E-state index contributed by atoms with van der Waals surface area (Å²) in [6, 6.07) is 36.1. The van der Waals surface area contributed by atoms with E-state index in [0.29, 0.717) is 17.5 Å². The van der Waals surface area contributed by atoms with Gasteiger partial charge >= 0.3 is 0 Å². The minimum atomic E-state index is -0.0189. The Bertz CT molecular complexity index is 1880. The van der Waals surface area contributed by atoms with Crippen LogP contribution in [-0.4, -0.2) is 19.9 Å². The van der Waals surface area contributed by atoms with Gasteiger partial charge in [0.05, 0.1) is 0 Å². The Labute approximate surface area is 233 Å². The molecular formula is C36H26N4. The van der Waals surface area contributed by atoms with Gasteiger partial charge < -0.3 is 0 Å². The summed E-state index contributed by atoms with van der Waals surface area (Å²) in [7, 11) is 0. The van der Waals surface area contributed by atoms with Crippen LogP contribution in [0.15, 0.2) is 109 Å². The smallest absolute Gasteiger partial charge is 0.182 e. The second-order valence-electron chi connectivity index (χ2n) is 11.1. The third kappa shape index (κ3) is 3.39. The van der Waals surface area contributed by atoms with E-state index >= 15 is 0 Å². The third-order valence-electron chi connectivity index (χ3n) is 8.44. The molecule has 0 unspecified atom stereocenters. The van der Waals surface area contributed by atoms with E-state index in [-0.39, 0.29) is 5.41 Å². The number of rotatable bonds is 3. The lowest BCUT2D eigenvalue weighted by atomic mass is 9.81. The molecule has 6 aromatic rings. The molecule has 8 rings (SSSR count). The van der Waals surface area contributed by atoms with Crippen LogP contribution in [0.4, 0.5) is 0 Å². The third-order valence-corrected chi connectivity index (χ3v) is 8.44. The molecule has 0 radical (unpaired) electrons. The van der Waals surface area contributed by atoms with E-state index in [1.54, 1.807) is 6.20 Å². The van der Waals surface area contributed by atoms with Crippen molar-refractivity contribution < 1.29 is 0 Å². The zero-order chi connectivity index (χ0) is 26.8. The maximum Gasteiger partial charge on any atom is 0.182 e. The van der Waals surface area contributed by atoms with Gasteiger partial charge in [0.2, 0.25) is 0 Å². The maximum atomic E-state index is 5.01. The number of aromatic nitrogens is 4. The molecule has 0 N–H and O–H groups in total. The Morgan fingerprint density at radius 1 is 0.550 bits per heavy atom. The summed E-state index contributed by atoms with van der Waals surface area (Å²) < 4.78 is 0. The van der Waals surface area contributed by atoms with Gasteiger partial charge in [-0.15, -0.1) is 0 Å². The van der Waals surface area contributed by atoms with Crippen LogP contribution in [0.1, 0.15) is 36.1 Å². The number of pyridine rings is 1. The maximum absolute atomic E-state index is 5.01. The number of hydrogen-bond acceptors (Lipinski definition) is 4. The fourth-order valence-corrected chi connectivity index (χ4v) is 6.44. The highest BCUT2D eigenvalue weighted by Crippen LogP contribution is 2.52. The van der Waals surface area contributed by atoms with Crippen LogP contribution in [0.25, 0.3) is 56.5 Å². The Morgan fingerprint density at radius 2 is 1.27 bits per heavy atom. The van der Waals surface area contributed by atoms with Crippen molar-refractivity contribution in [1.29, 1.82) is 0 Å². The highest BCUT2D eigenvalue weighted by atomic mass is 15.0. The van der Waals surface area contributed by atoms with E-state index in [0.717, 1.165) is 23.2 Å². The quantitative estimate of drug-likeness (QED) is 0.239. The largest absolute Gasteiger partial charge is 0.253 e. The molecule has 0 bridgehead atoms. The highest BCUT2D eigenvalue weighted by molar-refractivity contribution is 5.90. The summed E-state index contributed by atoms with van der Waals surface area (Å²) >= 11 is 0. The molecule has 0 amide bonds. The average molecular weight is 515 g/mol. The van der Waals surface area contributed by atoms with Crippen molar-refractivity contribution in [2.45, 2.75) is 25.7 Å². The van der Waals surface area contributed by atoms with Crippen LogP contribution in [0.5, 0.6) is 0 Å². The van der Waals surface area contributed by atoms with Gasteiger partial charge in [-0.05, 0) is 69.1 Å². The van der Waals surface area contributed by atoms with Gasteiger partial charge in [-0.2, -0.15) is 0 Å². The molecule has 2 aromatic heterocycles. The van der Waals surface area contributed by atoms with E-state index < -0.39 is 0 Å². The topological polar surface area (TPSA) is 51.6 Å². The van der Waals surface area contributed by atoms with Gasteiger partial charge in [-0.3, -0.25) is 4.98 Å². The average Bonchev–Trinajstić information content (AvgIpc) is 3.49. The highest BCUT2D eigenvalue weighted by Gasteiger charge is 2.37. The van der Waals surface area contributed by atoms with Gasteiger partial charge in [0, 0.05) is 22.7 Å². The normalized spacial score (nSPS) is 13.8. The Hall–Kier alpha value is -4.96. The molecule has 2 heterocycles. The van der Waals surface area contributed by atoms with Crippen molar-refractivity contribution >= 4 is 0 Å². The van der Waals surface area contributed by atoms with Crippen LogP contribution in [-0.2, 0) is 11.8 Å². The first-order valence-electron chi connectivity index (χ1n) is 13.7. The molecule has 2 aliphatic carbocycles. The molecule has 4 aromatic carbocycles. The zero-order valence-electron chi connectivity index (χ0n) is 22.4. The molecule has 40 heavy (non-hydrogen) atoms. The molecule has 0 spiro atoms. The molecule has 190 valence electrons. The van der Waals surface area contributed by atoms with Crippen LogP contribution >= 0.6 is 0 Å². The van der Waals surface area contributed by atoms with E-state index in [2.05, 4.69) is 73.4 Å². The summed E-state index contributed by atoms with van der Waals surface area (Å²) in [6.45, 7) is 4.68. The van der Waals surface area contributed by atoms with Crippen LogP contribution < -0.4 is 0 Å². The second-order valence-corrected chi connectivity index (χ2v) is 11.1. The Morgan fingerprint density at radius 3 is 2.12 bits per heavy atom. The molecule has 0 aliphatic heterocycles. The number of benzene rings is 4. The van der Waals surface area contributed by atoms with E-state index in [1.807, 2.05) is 48.5 Å². The molecule has 0 saturated carbocycles. The zero-order valence-corrected chi connectivity index (χ0v) is 22.4. The van der Waals surface area contributed by atoms with Crippen LogP contribution in [0.3, 0.4) is 0 Å². The lowest BCUT2D eigenvalue weighted by Crippen LogP contribution is -2.15. The van der Waals surface area contributed by atoms with Crippen LogP contribution in [0.2, 0.25) is 0 Å². The molecule has 2 aliphatic rings. The molecule has 0 fully saturated rings. The SMILES string of the molecule is CC1(C)c2ccccc2-c2cc3c(cc21)Cc1c(-c2nc(-c4ccccc4)nc(-c4ccccn4)n2)cccc1-3. The van der Waals surface area contributed by atoms with E-state index in [4.69, 9.17) is 15.0 Å². The minimum absolute atomic E-state index is 0.0189. The number of nitrogens with zero attached hydrogens (tertiary/aromatic N) is 4. The van der Waals surface area contributed by atoms with Crippen molar-refractivity contribution in [3.63, 3.8) is 0 Å². The van der Waals surface area contributed by atoms with Crippen molar-refractivity contribution in [2.24, 2.45) is 0 Å². The van der Waals surface area contributed by atoms with Crippen molar-refractivity contribution in [1.82, 2.24) is 19.9 Å². The van der Waals surface area contributed by atoms with E-state index in [9.17, 15) is 0 Å². The predicted molar refractivity (Wildman–Crippen MR) is 160 cm³/mol. The molecular weight excluding hydrogens is 488 g/mol. The standard InChI is InChI=1S/C36H26N4/c1-36(2)30-16-7-6-13-25(30)29-21-27-23(20-31(29)36)19-28-24(27)14-10-15-26(28)34-38-33(22-11-4-3-5-12-22)39-35(40-34)32-17-8-9-18-37-32/h3-18,20-21H,19H2,1-2H3. The first-order valence-corrected chi connectivity index (χ1v) is 13.7. The lowest BCUT2D eigenvalue weighted by Gasteiger charge is -2.22.